The van der Waals surface area contributed by atoms with Crippen molar-refractivity contribution in [3.8, 4) is 5.75 Å². The van der Waals surface area contributed by atoms with E-state index in [-0.39, 0.29) is 10.8 Å². The summed E-state index contributed by atoms with van der Waals surface area (Å²) in [5.74, 6) is -0.451. The number of pyridine rings is 2. The van der Waals surface area contributed by atoms with Crippen LogP contribution in [0.4, 0.5) is 0 Å². The highest BCUT2D eigenvalue weighted by Crippen LogP contribution is 2.62. The maximum Gasteiger partial charge on any atom is 0.264 e. The molecule has 0 bridgehead atoms. The quantitative estimate of drug-likeness (QED) is 0.361. The van der Waals surface area contributed by atoms with Gasteiger partial charge in [-0.15, -0.1) is 0 Å². The zero-order chi connectivity index (χ0) is 27.1. The third kappa shape index (κ3) is 4.52. The van der Waals surface area contributed by atoms with E-state index in [1.54, 1.807) is 37.4 Å². The van der Waals surface area contributed by atoms with Gasteiger partial charge in [-0.3, -0.25) is 14.8 Å². The van der Waals surface area contributed by atoms with Gasteiger partial charge in [0.05, 0.1) is 35.2 Å². The lowest BCUT2D eigenvalue weighted by Gasteiger charge is -2.21. The number of nitrogens with one attached hydrogen (secondary N) is 1. The van der Waals surface area contributed by atoms with Crippen LogP contribution in [0.3, 0.4) is 0 Å². The molecule has 2 heterocycles. The van der Waals surface area contributed by atoms with Crippen molar-refractivity contribution < 1.29 is 22.7 Å². The number of ether oxygens (including phenoxy) is 2. The first-order valence-corrected chi connectivity index (χ1v) is 13.7. The Kier molecular flexibility index (Phi) is 6.66. The van der Waals surface area contributed by atoms with Crippen molar-refractivity contribution in [2.75, 3.05) is 14.2 Å². The first-order chi connectivity index (χ1) is 18.2. The number of carbonyl (C=O) groups is 1. The summed E-state index contributed by atoms with van der Waals surface area (Å²) in [6.45, 7) is 4.09. The number of hydrogen-bond acceptors (Lipinski definition) is 7. The van der Waals surface area contributed by atoms with Crippen LogP contribution in [0.25, 0.3) is 10.9 Å². The summed E-state index contributed by atoms with van der Waals surface area (Å²) >= 11 is 0. The largest absolute Gasteiger partial charge is 0.496 e. The molecule has 1 amide bonds. The third-order valence-corrected chi connectivity index (χ3v) is 8.42. The average molecular weight is 532 g/mol. The molecule has 38 heavy (non-hydrogen) atoms. The standard InChI is InChI=1S/C29H29N3O5S/c1-18-11-14-26(37-4)22(15-18)29(16-23(29)25-9-5-7-20(31-25)17-36-3)28(33)32-38(34,35)27-10-6-8-24-21(27)13-12-19(2)30-24/h5-15,23H,16-17H2,1-4H3,(H,32,33)/t23-,29-/m1/s1. The molecule has 1 fully saturated rings. The van der Waals surface area contributed by atoms with Crippen molar-refractivity contribution in [3.05, 3.63) is 94.9 Å². The van der Waals surface area contributed by atoms with Crippen LogP contribution in [0, 0.1) is 13.8 Å². The Morgan fingerprint density at radius 2 is 1.82 bits per heavy atom. The van der Waals surface area contributed by atoms with Crippen LogP contribution in [0.5, 0.6) is 5.75 Å². The molecule has 2 atom stereocenters. The number of carbonyl (C=O) groups excluding carboxylic acids is 1. The number of fused-ring (bicyclic) bond motifs is 1. The molecule has 5 rings (SSSR count). The Morgan fingerprint density at radius 3 is 2.58 bits per heavy atom. The van der Waals surface area contributed by atoms with E-state index >= 15 is 0 Å². The molecule has 196 valence electrons. The van der Waals surface area contributed by atoms with Gasteiger partial charge < -0.3 is 9.47 Å². The minimum absolute atomic E-state index is 0.000348. The molecular weight excluding hydrogens is 502 g/mol. The van der Waals surface area contributed by atoms with Gasteiger partial charge in [0.1, 0.15) is 5.75 Å². The smallest absolute Gasteiger partial charge is 0.264 e. The Morgan fingerprint density at radius 1 is 1.03 bits per heavy atom. The molecule has 1 saturated carbocycles. The van der Waals surface area contributed by atoms with Gasteiger partial charge in [-0.05, 0) is 62.7 Å². The lowest BCUT2D eigenvalue weighted by Crippen LogP contribution is -2.40. The molecule has 1 N–H and O–H groups in total. The van der Waals surface area contributed by atoms with E-state index in [2.05, 4.69) is 9.71 Å². The van der Waals surface area contributed by atoms with E-state index < -0.39 is 21.3 Å². The van der Waals surface area contributed by atoms with Crippen LogP contribution in [0.2, 0.25) is 0 Å². The van der Waals surface area contributed by atoms with E-state index in [0.717, 1.165) is 17.0 Å². The molecule has 8 nitrogen and oxygen atoms in total. The van der Waals surface area contributed by atoms with Gasteiger partial charge in [-0.1, -0.05) is 29.8 Å². The molecule has 0 spiro atoms. The number of aromatic nitrogens is 2. The van der Waals surface area contributed by atoms with Crippen molar-refractivity contribution >= 4 is 26.8 Å². The highest BCUT2D eigenvalue weighted by molar-refractivity contribution is 7.90. The monoisotopic (exact) mass is 531 g/mol. The Balaban J connectivity index is 1.59. The van der Waals surface area contributed by atoms with Gasteiger partial charge in [0.25, 0.3) is 10.0 Å². The molecule has 0 radical (unpaired) electrons. The van der Waals surface area contributed by atoms with Gasteiger partial charge in [-0.25, -0.2) is 13.1 Å². The fourth-order valence-electron chi connectivity index (χ4n) is 5.11. The molecule has 9 heteroatoms. The van der Waals surface area contributed by atoms with Crippen LogP contribution >= 0.6 is 0 Å². The second-order valence-electron chi connectivity index (χ2n) is 9.63. The van der Waals surface area contributed by atoms with Crippen LogP contribution in [0.15, 0.2) is 71.6 Å². The second kappa shape index (κ2) is 9.81. The fourth-order valence-corrected chi connectivity index (χ4v) is 6.37. The predicted octanol–water partition coefficient (Wildman–Crippen LogP) is 4.33. The zero-order valence-electron chi connectivity index (χ0n) is 21.7. The topological polar surface area (TPSA) is 107 Å². The number of methoxy groups -OCH3 is 2. The molecule has 1 aliphatic carbocycles. The Hall–Kier alpha value is -3.82. The van der Waals surface area contributed by atoms with Crippen molar-refractivity contribution in [3.63, 3.8) is 0 Å². The Labute approximate surface area is 222 Å². The Bertz CT molecular complexity index is 1650. The van der Waals surface area contributed by atoms with Crippen molar-refractivity contribution in [2.24, 2.45) is 0 Å². The normalized spacial score (nSPS) is 18.8. The van der Waals surface area contributed by atoms with Crippen LogP contribution < -0.4 is 9.46 Å². The molecule has 2 aromatic carbocycles. The minimum Gasteiger partial charge on any atom is -0.496 e. The lowest BCUT2D eigenvalue weighted by atomic mass is 9.89. The summed E-state index contributed by atoms with van der Waals surface area (Å²) in [5, 5.41) is 0.446. The van der Waals surface area contributed by atoms with E-state index in [1.807, 2.05) is 44.2 Å². The number of nitrogens with zero attached hydrogens (tertiary/aromatic N) is 2. The SMILES string of the molecule is COCc1cccc([C@H]2C[C@@]2(C(=O)NS(=O)(=O)c2cccc3nc(C)ccc23)c2cc(C)ccc2OC)n1. The first-order valence-electron chi connectivity index (χ1n) is 12.2. The van der Waals surface area contributed by atoms with E-state index in [0.29, 0.717) is 40.9 Å². The van der Waals surface area contributed by atoms with E-state index in [1.165, 1.54) is 13.2 Å². The van der Waals surface area contributed by atoms with Crippen LogP contribution in [-0.4, -0.2) is 38.5 Å². The van der Waals surface area contributed by atoms with Gasteiger partial charge in [0.15, 0.2) is 0 Å². The van der Waals surface area contributed by atoms with Crippen LogP contribution in [-0.2, 0) is 31.6 Å². The average Bonchev–Trinajstić information content (AvgIpc) is 3.65. The maximum atomic E-state index is 14.1. The predicted molar refractivity (Wildman–Crippen MR) is 144 cm³/mol. The maximum absolute atomic E-state index is 14.1. The number of sulfonamides is 1. The first kappa shape index (κ1) is 25.8. The van der Waals surface area contributed by atoms with Gasteiger partial charge in [0.2, 0.25) is 5.91 Å². The highest BCUT2D eigenvalue weighted by atomic mass is 32.2. The summed E-state index contributed by atoms with van der Waals surface area (Å²) in [5.41, 5.74) is 3.12. The molecule has 1 aliphatic rings. The molecular formula is C29H29N3O5S. The summed E-state index contributed by atoms with van der Waals surface area (Å²) < 4.78 is 40.5. The van der Waals surface area contributed by atoms with Crippen molar-refractivity contribution in [1.29, 1.82) is 0 Å². The minimum atomic E-state index is -4.22. The summed E-state index contributed by atoms with van der Waals surface area (Å²) in [6, 6.07) is 19.5. The summed E-state index contributed by atoms with van der Waals surface area (Å²) in [6.07, 6.45) is 0.383. The lowest BCUT2D eigenvalue weighted by molar-refractivity contribution is -0.122. The number of rotatable bonds is 8. The third-order valence-electron chi connectivity index (χ3n) is 7.03. The summed E-state index contributed by atoms with van der Waals surface area (Å²) in [7, 11) is -1.09. The number of benzene rings is 2. The van der Waals surface area contributed by atoms with Gasteiger partial charge in [0, 0.05) is 35.4 Å². The summed E-state index contributed by atoms with van der Waals surface area (Å²) in [4.78, 5) is 23.2. The van der Waals surface area contributed by atoms with Gasteiger partial charge >= 0.3 is 0 Å². The highest BCUT2D eigenvalue weighted by Gasteiger charge is 2.64. The van der Waals surface area contributed by atoms with Crippen molar-refractivity contribution in [2.45, 2.75) is 43.1 Å². The molecule has 4 aromatic rings. The van der Waals surface area contributed by atoms with Crippen molar-refractivity contribution in [1.82, 2.24) is 14.7 Å². The number of amides is 1. The molecule has 0 unspecified atom stereocenters. The molecule has 0 aliphatic heterocycles. The number of aryl methyl sites for hydroxylation is 2. The van der Waals surface area contributed by atoms with Gasteiger partial charge in [-0.2, -0.15) is 0 Å². The molecule has 2 aromatic heterocycles. The number of hydrogen-bond donors (Lipinski definition) is 1. The second-order valence-corrected chi connectivity index (χ2v) is 11.3. The van der Waals surface area contributed by atoms with E-state index in [9.17, 15) is 13.2 Å². The zero-order valence-corrected chi connectivity index (χ0v) is 22.5. The fraction of sp³-hybridized carbons (Fsp3) is 0.276. The molecule has 0 saturated heterocycles. The van der Waals surface area contributed by atoms with Crippen LogP contribution in [0.1, 0.15) is 40.5 Å². The van der Waals surface area contributed by atoms with E-state index in [4.69, 9.17) is 14.5 Å².